The molecule has 1 aromatic heterocycles. The van der Waals surface area contributed by atoms with Crippen molar-refractivity contribution < 1.29 is 9.53 Å². The first-order chi connectivity index (χ1) is 11.2. The fourth-order valence-electron chi connectivity index (χ4n) is 1.96. The lowest BCUT2D eigenvalue weighted by Gasteiger charge is -2.08. The molecule has 0 aliphatic rings. The molecule has 0 bridgehead atoms. The van der Waals surface area contributed by atoms with Crippen LogP contribution in [0.5, 0.6) is 5.75 Å². The zero-order chi connectivity index (χ0) is 16.5. The normalized spacial score (nSPS) is 10.2. The van der Waals surface area contributed by atoms with E-state index in [1.165, 1.54) is 0 Å². The first-order valence-electron chi connectivity index (χ1n) is 7.71. The second-order valence-electron chi connectivity index (χ2n) is 5.08. The number of hydrogen-bond donors (Lipinski definition) is 2. The largest absolute Gasteiger partial charge is 0.497 e. The van der Waals surface area contributed by atoms with Gasteiger partial charge in [0, 0.05) is 19.3 Å². The third-order valence-corrected chi connectivity index (χ3v) is 3.31. The summed E-state index contributed by atoms with van der Waals surface area (Å²) in [5.41, 5.74) is 1.44. The van der Waals surface area contributed by atoms with Gasteiger partial charge in [0.2, 0.25) is 5.95 Å². The van der Waals surface area contributed by atoms with Crippen molar-refractivity contribution in [3.8, 4) is 5.75 Å². The Morgan fingerprint density at radius 3 is 2.70 bits per heavy atom. The number of unbranched alkanes of at least 4 members (excludes halogenated alkanes) is 1. The van der Waals surface area contributed by atoms with Crippen molar-refractivity contribution in [3.63, 3.8) is 0 Å². The lowest BCUT2D eigenvalue weighted by atomic mass is 10.2. The highest BCUT2D eigenvalue weighted by Gasteiger charge is 2.08. The summed E-state index contributed by atoms with van der Waals surface area (Å²) in [6, 6.07) is 9.34. The first-order valence-corrected chi connectivity index (χ1v) is 7.71. The lowest BCUT2D eigenvalue weighted by Crippen LogP contribution is -2.25. The van der Waals surface area contributed by atoms with E-state index >= 15 is 0 Å². The molecular weight excluding hydrogens is 292 g/mol. The van der Waals surface area contributed by atoms with E-state index in [-0.39, 0.29) is 5.91 Å². The third-order valence-electron chi connectivity index (χ3n) is 3.31. The Morgan fingerprint density at radius 2 is 2.00 bits per heavy atom. The van der Waals surface area contributed by atoms with E-state index in [1.807, 2.05) is 24.3 Å². The van der Waals surface area contributed by atoms with E-state index in [1.54, 1.807) is 19.4 Å². The minimum atomic E-state index is -0.173. The predicted molar refractivity (Wildman–Crippen MR) is 89.6 cm³/mol. The average molecular weight is 314 g/mol. The van der Waals surface area contributed by atoms with E-state index in [4.69, 9.17) is 4.74 Å². The molecule has 6 heteroatoms. The second kappa shape index (κ2) is 8.73. The van der Waals surface area contributed by atoms with Crippen LogP contribution in [-0.2, 0) is 6.54 Å². The van der Waals surface area contributed by atoms with Crippen LogP contribution in [-0.4, -0.2) is 29.5 Å². The summed E-state index contributed by atoms with van der Waals surface area (Å²) in [6.07, 6.45) is 3.58. The smallest absolute Gasteiger partial charge is 0.270 e. The number of ether oxygens (including phenoxy) is 1. The fraction of sp³-hybridized carbons (Fsp3) is 0.353. The van der Waals surface area contributed by atoms with Crippen LogP contribution in [0.2, 0.25) is 0 Å². The van der Waals surface area contributed by atoms with Gasteiger partial charge in [-0.3, -0.25) is 4.79 Å². The summed E-state index contributed by atoms with van der Waals surface area (Å²) in [4.78, 5) is 20.4. The molecule has 0 spiro atoms. The Morgan fingerprint density at radius 1 is 1.22 bits per heavy atom. The number of amides is 1. The van der Waals surface area contributed by atoms with Crippen molar-refractivity contribution in [2.75, 3.05) is 19.0 Å². The van der Waals surface area contributed by atoms with E-state index in [2.05, 4.69) is 27.5 Å². The Balaban J connectivity index is 1.92. The number of methoxy groups -OCH3 is 1. The molecule has 1 aromatic carbocycles. The number of nitrogens with one attached hydrogen (secondary N) is 2. The number of nitrogens with zero attached hydrogens (tertiary/aromatic N) is 2. The van der Waals surface area contributed by atoms with E-state index in [9.17, 15) is 4.79 Å². The van der Waals surface area contributed by atoms with E-state index in [0.717, 1.165) is 24.2 Å². The number of anilines is 1. The van der Waals surface area contributed by atoms with Gasteiger partial charge in [0.1, 0.15) is 11.4 Å². The Kier molecular flexibility index (Phi) is 6.35. The second-order valence-corrected chi connectivity index (χ2v) is 5.08. The van der Waals surface area contributed by atoms with Crippen LogP contribution in [0, 0.1) is 0 Å². The number of rotatable bonds is 8. The maximum atomic E-state index is 12.0. The maximum Gasteiger partial charge on any atom is 0.270 e. The Labute approximate surface area is 136 Å². The number of carbonyl (C=O) groups is 1. The monoisotopic (exact) mass is 314 g/mol. The number of hydrogen-bond acceptors (Lipinski definition) is 5. The zero-order valence-electron chi connectivity index (χ0n) is 13.5. The third kappa shape index (κ3) is 5.25. The van der Waals surface area contributed by atoms with Gasteiger partial charge in [-0.05, 0) is 30.2 Å². The van der Waals surface area contributed by atoms with Gasteiger partial charge in [0.05, 0.1) is 7.11 Å². The molecule has 6 nitrogen and oxygen atoms in total. The molecule has 0 radical (unpaired) electrons. The molecule has 0 aliphatic carbocycles. The minimum Gasteiger partial charge on any atom is -0.497 e. The SMILES string of the molecule is CCCCNC(=O)c1ccnc(NCc2ccc(OC)cc2)n1. The van der Waals surface area contributed by atoms with Crippen molar-refractivity contribution in [1.82, 2.24) is 15.3 Å². The van der Waals surface area contributed by atoms with Gasteiger partial charge < -0.3 is 15.4 Å². The van der Waals surface area contributed by atoms with Crippen molar-refractivity contribution in [1.29, 1.82) is 0 Å². The van der Waals surface area contributed by atoms with Crippen LogP contribution >= 0.6 is 0 Å². The van der Waals surface area contributed by atoms with Gasteiger partial charge in [-0.25, -0.2) is 9.97 Å². The lowest BCUT2D eigenvalue weighted by molar-refractivity contribution is 0.0948. The summed E-state index contributed by atoms with van der Waals surface area (Å²) in [5, 5.41) is 5.96. The van der Waals surface area contributed by atoms with Crippen LogP contribution in [0.1, 0.15) is 35.8 Å². The predicted octanol–water partition coefficient (Wildman–Crippen LogP) is 2.63. The summed E-state index contributed by atoms with van der Waals surface area (Å²) >= 11 is 0. The highest BCUT2D eigenvalue weighted by atomic mass is 16.5. The summed E-state index contributed by atoms with van der Waals surface area (Å²) in [5.74, 6) is 1.08. The van der Waals surface area contributed by atoms with Gasteiger partial charge in [-0.2, -0.15) is 0 Å². The van der Waals surface area contributed by atoms with Crippen LogP contribution in [0.4, 0.5) is 5.95 Å². The summed E-state index contributed by atoms with van der Waals surface area (Å²) < 4.78 is 5.12. The van der Waals surface area contributed by atoms with Crippen LogP contribution in [0.3, 0.4) is 0 Å². The molecule has 2 N–H and O–H groups in total. The minimum absolute atomic E-state index is 0.173. The molecule has 0 saturated heterocycles. The maximum absolute atomic E-state index is 12.0. The van der Waals surface area contributed by atoms with Crippen LogP contribution in [0.25, 0.3) is 0 Å². The van der Waals surface area contributed by atoms with Gasteiger partial charge in [0.25, 0.3) is 5.91 Å². The van der Waals surface area contributed by atoms with Crippen molar-refractivity contribution in [2.24, 2.45) is 0 Å². The molecule has 122 valence electrons. The van der Waals surface area contributed by atoms with E-state index < -0.39 is 0 Å². The number of carbonyl (C=O) groups excluding carboxylic acids is 1. The van der Waals surface area contributed by atoms with E-state index in [0.29, 0.717) is 24.7 Å². The van der Waals surface area contributed by atoms with Crippen LogP contribution < -0.4 is 15.4 Å². The van der Waals surface area contributed by atoms with Crippen LogP contribution in [0.15, 0.2) is 36.5 Å². The van der Waals surface area contributed by atoms with Crippen molar-refractivity contribution >= 4 is 11.9 Å². The molecule has 0 aliphatic heterocycles. The molecule has 1 amide bonds. The molecule has 2 aromatic rings. The topological polar surface area (TPSA) is 76.1 Å². The highest BCUT2D eigenvalue weighted by Crippen LogP contribution is 2.12. The number of benzene rings is 1. The van der Waals surface area contributed by atoms with Crippen molar-refractivity contribution in [2.45, 2.75) is 26.3 Å². The van der Waals surface area contributed by atoms with Gasteiger partial charge in [-0.1, -0.05) is 25.5 Å². The Bertz CT molecular complexity index is 629. The zero-order valence-corrected chi connectivity index (χ0v) is 13.5. The molecule has 23 heavy (non-hydrogen) atoms. The highest BCUT2D eigenvalue weighted by molar-refractivity contribution is 5.92. The fourth-order valence-corrected chi connectivity index (χ4v) is 1.96. The van der Waals surface area contributed by atoms with Crippen molar-refractivity contribution in [3.05, 3.63) is 47.8 Å². The summed E-state index contributed by atoms with van der Waals surface area (Å²) in [7, 11) is 1.64. The Hall–Kier alpha value is -2.63. The molecule has 1 heterocycles. The first kappa shape index (κ1) is 16.7. The molecule has 0 saturated carbocycles. The molecular formula is C17H22N4O2. The number of aromatic nitrogens is 2. The molecule has 2 rings (SSSR count). The molecule has 0 atom stereocenters. The van der Waals surface area contributed by atoms with Gasteiger partial charge in [-0.15, -0.1) is 0 Å². The molecule has 0 fully saturated rings. The average Bonchev–Trinajstić information content (AvgIpc) is 2.61. The standard InChI is InChI=1S/C17H22N4O2/c1-3-4-10-18-16(22)15-9-11-19-17(21-15)20-12-13-5-7-14(23-2)8-6-13/h5-9,11H,3-4,10,12H2,1-2H3,(H,18,22)(H,19,20,21). The molecule has 0 unspecified atom stereocenters. The summed E-state index contributed by atoms with van der Waals surface area (Å²) in [6.45, 7) is 3.32. The van der Waals surface area contributed by atoms with Gasteiger partial charge >= 0.3 is 0 Å². The quantitative estimate of drug-likeness (QED) is 0.733. The van der Waals surface area contributed by atoms with Gasteiger partial charge in [0.15, 0.2) is 0 Å².